The first-order chi connectivity index (χ1) is 12.6. The van der Waals surface area contributed by atoms with Crippen molar-refractivity contribution in [3.8, 4) is 11.5 Å². The van der Waals surface area contributed by atoms with Gasteiger partial charge in [0.1, 0.15) is 17.2 Å². The molecule has 2 rings (SSSR count). The molecule has 0 fully saturated rings. The first-order valence-electron chi connectivity index (χ1n) is 8.62. The molecule has 138 valence electrons. The van der Waals surface area contributed by atoms with Crippen LogP contribution in [0.3, 0.4) is 0 Å². The van der Waals surface area contributed by atoms with Crippen LogP contribution in [0.2, 0.25) is 0 Å². The second-order valence-electron chi connectivity index (χ2n) is 5.85. The van der Waals surface area contributed by atoms with Crippen LogP contribution in [0.15, 0.2) is 42.5 Å². The largest absolute Gasteiger partial charge is 0.497 e. The normalized spacial score (nSPS) is 10.7. The third-order valence-electron chi connectivity index (χ3n) is 3.88. The average molecular weight is 355 g/mol. The number of carbonyl (C=O) groups excluding carboxylic acids is 1. The van der Waals surface area contributed by atoms with Crippen molar-refractivity contribution in [1.29, 1.82) is 0 Å². The molecule has 26 heavy (non-hydrogen) atoms. The standard InChI is InChI=1S/C21H25NO4/c1-16-7-13-20(19(22-16)12-14-21(23)25-3)26-15-5-4-6-17-8-10-18(24-2)11-9-17/h7-14H,4-6,15H2,1-3H3/b14-12+. The Bertz CT molecular complexity index is 738. The minimum Gasteiger partial charge on any atom is -0.497 e. The molecule has 0 atom stereocenters. The highest BCUT2D eigenvalue weighted by Gasteiger charge is 2.04. The van der Waals surface area contributed by atoms with Crippen LogP contribution in [0.5, 0.6) is 11.5 Å². The topological polar surface area (TPSA) is 57.7 Å². The maximum Gasteiger partial charge on any atom is 0.330 e. The van der Waals surface area contributed by atoms with Crippen molar-refractivity contribution in [3.05, 3.63) is 59.4 Å². The van der Waals surface area contributed by atoms with Gasteiger partial charge in [-0.15, -0.1) is 0 Å². The molecule has 5 nitrogen and oxygen atoms in total. The summed E-state index contributed by atoms with van der Waals surface area (Å²) in [5, 5.41) is 0. The monoisotopic (exact) mass is 355 g/mol. The first-order valence-corrected chi connectivity index (χ1v) is 8.62. The molecule has 0 radical (unpaired) electrons. The van der Waals surface area contributed by atoms with Gasteiger partial charge in [0.15, 0.2) is 0 Å². The highest BCUT2D eigenvalue weighted by molar-refractivity contribution is 5.87. The summed E-state index contributed by atoms with van der Waals surface area (Å²) in [5.41, 5.74) is 2.77. The van der Waals surface area contributed by atoms with Crippen LogP contribution in [0.1, 0.15) is 29.8 Å². The molecule has 1 aromatic heterocycles. The summed E-state index contributed by atoms with van der Waals surface area (Å²) in [5.74, 6) is 1.12. The maximum absolute atomic E-state index is 11.3. The van der Waals surface area contributed by atoms with E-state index in [1.165, 1.54) is 18.7 Å². The summed E-state index contributed by atoms with van der Waals surface area (Å²) in [6, 6.07) is 11.9. The lowest BCUT2D eigenvalue weighted by molar-refractivity contribution is -0.134. The first kappa shape index (κ1) is 19.5. The number of nitrogens with zero attached hydrogens (tertiary/aromatic N) is 1. The van der Waals surface area contributed by atoms with Gasteiger partial charge in [0.05, 0.1) is 20.8 Å². The predicted octanol–water partition coefficient (Wildman–Crippen LogP) is 3.99. The molecule has 0 saturated carbocycles. The molecular weight excluding hydrogens is 330 g/mol. The average Bonchev–Trinajstić information content (AvgIpc) is 2.67. The smallest absolute Gasteiger partial charge is 0.330 e. The molecule has 0 bridgehead atoms. The van der Waals surface area contributed by atoms with Gasteiger partial charge in [0.25, 0.3) is 0 Å². The third-order valence-corrected chi connectivity index (χ3v) is 3.88. The third kappa shape index (κ3) is 6.24. The molecule has 0 saturated heterocycles. The van der Waals surface area contributed by atoms with Gasteiger partial charge in [-0.25, -0.2) is 9.78 Å². The Balaban J connectivity index is 1.83. The number of esters is 1. The van der Waals surface area contributed by atoms with E-state index in [1.807, 2.05) is 31.2 Å². The lowest BCUT2D eigenvalue weighted by Crippen LogP contribution is -2.02. The van der Waals surface area contributed by atoms with E-state index in [2.05, 4.69) is 21.9 Å². The Morgan fingerprint density at radius 1 is 1.08 bits per heavy atom. The molecule has 0 unspecified atom stereocenters. The van der Waals surface area contributed by atoms with Gasteiger partial charge in [0, 0.05) is 11.8 Å². The Morgan fingerprint density at radius 2 is 1.85 bits per heavy atom. The van der Waals surface area contributed by atoms with Crippen LogP contribution < -0.4 is 9.47 Å². The van der Waals surface area contributed by atoms with Gasteiger partial charge in [-0.05, 0) is 62.1 Å². The van der Waals surface area contributed by atoms with E-state index in [-0.39, 0.29) is 0 Å². The van der Waals surface area contributed by atoms with E-state index in [4.69, 9.17) is 9.47 Å². The lowest BCUT2D eigenvalue weighted by Gasteiger charge is -2.09. The van der Waals surface area contributed by atoms with Crippen LogP contribution in [0, 0.1) is 6.92 Å². The van der Waals surface area contributed by atoms with Crippen LogP contribution in [0.4, 0.5) is 0 Å². The number of hydrogen-bond acceptors (Lipinski definition) is 5. The number of aryl methyl sites for hydroxylation is 2. The van der Waals surface area contributed by atoms with Crippen molar-refractivity contribution in [2.24, 2.45) is 0 Å². The van der Waals surface area contributed by atoms with Crippen molar-refractivity contribution in [1.82, 2.24) is 4.98 Å². The second kappa shape index (κ2) is 10.2. The van der Waals surface area contributed by atoms with Crippen molar-refractivity contribution in [2.75, 3.05) is 20.8 Å². The van der Waals surface area contributed by atoms with Crippen molar-refractivity contribution in [2.45, 2.75) is 26.2 Å². The number of carbonyl (C=O) groups is 1. The van der Waals surface area contributed by atoms with Gasteiger partial charge in [-0.1, -0.05) is 12.1 Å². The van der Waals surface area contributed by atoms with E-state index in [0.29, 0.717) is 18.1 Å². The summed E-state index contributed by atoms with van der Waals surface area (Å²) in [6.45, 7) is 2.49. The fourth-order valence-corrected chi connectivity index (χ4v) is 2.43. The molecule has 0 N–H and O–H groups in total. The SMILES string of the molecule is COC(=O)/C=C/c1nc(C)ccc1OCCCCc1ccc(OC)cc1. The molecule has 0 spiro atoms. The van der Waals surface area contributed by atoms with E-state index >= 15 is 0 Å². The van der Waals surface area contributed by atoms with Gasteiger partial charge >= 0.3 is 5.97 Å². The number of pyridine rings is 1. The lowest BCUT2D eigenvalue weighted by atomic mass is 10.1. The molecule has 1 heterocycles. The number of aromatic nitrogens is 1. The van der Waals surface area contributed by atoms with Crippen molar-refractivity contribution >= 4 is 12.0 Å². The maximum atomic E-state index is 11.3. The van der Waals surface area contributed by atoms with Gasteiger partial charge in [-0.2, -0.15) is 0 Å². The molecule has 0 aliphatic carbocycles. The zero-order valence-corrected chi connectivity index (χ0v) is 15.5. The summed E-state index contributed by atoms with van der Waals surface area (Å²) in [4.78, 5) is 15.7. The zero-order chi connectivity index (χ0) is 18.8. The Hall–Kier alpha value is -2.82. The van der Waals surface area contributed by atoms with E-state index in [0.717, 1.165) is 30.7 Å². The van der Waals surface area contributed by atoms with E-state index < -0.39 is 5.97 Å². The van der Waals surface area contributed by atoms with Crippen LogP contribution in [0.25, 0.3) is 6.08 Å². The van der Waals surface area contributed by atoms with Crippen molar-refractivity contribution < 1.29 is 19.0 Å². The van der Waals surface area contributed by atoms with E-state index in [1.54, 1.807) is 13.2 Å². The summed E-state index contributed by atoms with van der Waals surface area (Å²) < 4.78 is 15.6. The van der Waals surface area contributed by atoms with Crippen molar-refractivity contribution in [3.63, 3.8) is 0 Å². The second-order valence-corrected chi connectivity index (χ2v) is 5.85. The predicted molar refractivity (Wildman–Crippen MR) is 101 cm³/mol. The fraction of sp³-hybridized carbons (Fsp3) is 0.333. The molecular formula is C21H25NO4. The molecule has 2 aromatic rings. The number of benzene rings is 1. The number of hydrogen-bond donors (Lipinski definition) is 0. The Morgan fingerprint density at radius 3 is 2.54 bits per heavy atom. The molecule has 0 amide bonds. The quantitative estimate of drug-likeness (QED) is 0.387. The number of methoxy groups -OCH3 is 2. The van der Waals surface area contributed by atoms with Gasteiger partial charge in [-0.3, -0.25) is 0 Å². The number of unbranched alkanes of at least 4 members (excludes halogenated alkanes) is 1. The van der Waals surface area contributed by atoms with Gasteiger partial charge < -0.3 is 14.2 Å². The van der Waals surface area contributed by atoms with Crippen LogP contribution in [-0.4, -0.2) is 31.8 Å². The van der Waals surface area contributed by atoms with E-state index in [9.17, 15) is 4.79 Å². The molecule has 0 aliphatic rings. The molecule has 1 aromatic carbocycles. The minimum absolute atomic E-state index is 0.418. The van der Waals surface area contributed by atoms with Gasteiger partial charge in [0.2, 0.25) is 0 Å². The Kier molecular flexibility index (Phi) is 7.68. The molecule has 0 aliphatic heterocycles. The highest BCUT2D eigenvalue weighted by Crippen LogP contribution is 2.19. The summed E-state index contributed by atoms with van der Waals surface area (Å²) >= 11 is 0. The zero-order valence-electron chi connectivity index (χ0n) is 15.5. The summed E-state index contributed by atoms with van der Waals surface area (Å²) in [7, 11) is 3.01. The highest BCUT2D eigenvalue weighted by atomic mass is 16.5. The number of ether oxygens (including phenoxy) is 3. The Labute approximate surface area is 154 Å². The number of rotatable bonds is 9. The fourth-order valence-electron chi connectivity index (χ4n) is 2.43. The molecule has 5 heteroatoms. The minimum atomic E-state index is -0.418. The van der Waals surface area contributed by atoms with Crippen LogP contribution >= 0.6 is 0 Å². The summed E-state index contributed by atoms with van der Waals surface area (Å²) in [6.07, 6.45) is 5.91. The van der Waals surface area contributed by atoms with Crippen LogP contribution in [-0.2, 0) is 16.0 Å².